The normalized spacial score (nSPS) is 17.0. The van der Waals surface area contributed by atoms with Gasteiger partial charge in [0.15, 0.2) is 5.96 Å². The van der Waals surface area contributed by atoms with Crippen molar-refractivity contribution in [3.63, 3.8) is 0 Å². The van der Waals surface area contributed by atoms with Gasteiger partial charge in [0.1, 0.15) is 4.21 Å². The van der Waals surface area contributed by atoms with Crippen molar-refractivity contribution >= 4 is 27.3 Å². The lowest BCUT2D eigenvalue weighted by Crippen LogP contribution is -2.42. The van der Waals surface area contributed by atoms with E-state index in [0.29, 0.717) is 42.5 Å². The van der Waals surface area contributed by atoms with Gasteiger partial charge in [-0.3, -0.25) is 4.99 Å². The molecule has 0 atom stereocenters. The molecular weight excluding hydrogens is 372 g/mol. The molecule has 0 spiro atoms. The summed E-state index contributed by atoms with van der Waals surface area (Å²) >= 11 is 1.20. The van der Waals surface area contributed by atoms with Gasteiger partial charge in [-0.25, -0.2) is 13.1 Å². The monoisotopic (exact) mass is 402 g/mol. The van der Waals surface area contributed by atoms with E-state index < -0.39 is 10.0 Å². The van der Waals surface area contributed by atoms with E-state index in [1.54, 1.807) is 24.6 Å². The summed E-state index contributed by atoms with van der Waals surface area (Å²) in [5, 5.41) is 8.03. The number of nitrogens with zero attached hydrogens (tertiary/aromatic N) is 1. The first-order valence-electron chi connectivity index (χ1n) is 9.21. The molecule has 1 fully saturated rings. The molecule has 1 aromatic rings. The predicted octanol–water partition coefficient (Wildman–Crippen LogP) is 1.93. The molecule has 148 valence electrons. The van der Waals surface area contributed by atoms with Crippen molar-refractivity contribution in [3.05, 3.63) is 17.5 Å². The van der Waals surface area contributed by atoms with Crippen LogP contribution in [0.2, 0.25) is 0 Å². The first kappa shape index (κ1) is 21.1. The van der Waals surface area contributed by atoms with Gasteiger partial charge in [0.2, 0.25) is 10.0 Å². The highest BCUT2D eigenvalue weighted by Gasteiger charge is 2.14. The van der Waals surface area contributed by atoms with E-state index >= 15 is 0 Å². The van der Waals surface area contributed by atoms with Gasteiger partial charge in [-0.15, -0.1) is 11.3 Å². The fourth-order valence-electron chi connectivity index (χ4n) is 2.88. The second-order valence-corrected chi connectivity index (χ2v) is 9.18. The average molecular weight is 403 g/mol. The fourth-order valence-corrected chi connectivity index (χ4v) is 4.95. The first-order valence-corrected chi connectivity index (χ1v) is 11.6. The maximum Gasteiger partial charge on any atom is 0.250 e. The van der Waals surface area contributed by atoms with Gasteiger partial charge in [-0.2, -0.15) is 0 Å². The fraction of sp³-hybridized carbons (Fsp3) is 0.706. The predicted molar refractivity (Wildman–Crippen MR) is 106 cm³/mol. The second-order valence-electron chi connectivity index (χ2n) is 6.24. The largest absolute Gasteiger partial charge is 0.376 e. The van der Waals surface area contributed by atoms with Gasteiger partial charge in [0.05, 0.1) is 12.7 Å². The van der Waals surface area contributed by atoms with Crippen molar-refractivity contribution in [1.29, 1.82) is 0 Å². The standard InChI is InChI=1S/C17H30N4O3S2/c1-18-17(20-12-13-24-15-7-4-2-3-5-8-15)19-10-11-21-26(22,23)16-9-6-14-25-16/h6,9,14-15,21H,2-5,7-8,10-13H2,1H3,(H2,18,19,20). The Bertz CT molecular complexity index is 624. The zero-order valence-electron chi connectivity index (χ0n) is 15.4. The molecule has 7 nitrogen and oxygen atoms in total. The Morgan fingerprint density at radius 3 is 2.58 bits per heavy atom. The molecule has 0 bridgehead atoms. The minimum atomic E-state index is -3.41. The molecule has 1 aliphatic carbocycles. The van der Waals surface area contributed by atoms with Gasteiger partial charge >= 0.3 is 0 Å². The van der Waals surface area contributed by atoms with Crippen molar-refractivity contribution in [1.82, 2.24) is 15.4 Å². The Kier molecular flexibility index (Phi) is 9.38. The van der Waals surface area contributed by atoms with Crippen molar-refractivity contribution < 1.29 is 13.2 Å². The van der Waals surface area contributed by atoms with Crippen LogP contribution >= 0.6 is 11.3 Å². The van der Waals surface area contributed by atoms with Gasteiger partial charge < -0.3 is 15.4 Å². The number of guanidine groups is 1. The molecule has 0 saturated heterocycles. The molecule has 0 amide bonds. The topological polar surface area (TPSA) is 91.8 Å². The summed E-state index contributed by atoms with van der Waals surface area (Å²) in [6.45, 7) is 2.07. The van der Waals surface area contributed by atoms with Gasteiger partial charge in [0.25, 0.3) is 0 Å². The molecule has 0 unspecified atom stereocenters. The Hall–Kier alpha value is -1.16. The summed E-state index contributed by atoms with van der Waals surface area (Å²) in [5.41, 5.74) is 0. The highest BCUT2D eigenvalue weighted by Crippen LogP contribution is 2.19. The maximum atomic E-state index is 12.0. The van der Waals surface area contributed by atoms with Crippen LogP contribution in [0.25, 0.3) is 0 Å². The quantitative estimate of drug-likeness (QED) is 0.254. The van der Waals surface area contributed by atoms with Crippen LogP contribution in [0.5, 0.6) is 0 Å². The molecule has 2 rings (SSSR count). The minimum absolute atomic E-state index is 0.291. The molecule has 9 heteroatoms. The maximum absolute atomic E-state index is 12.0. The lowest BCUT2D eigenvalue weighted by Gasteiger charge is -2.16. The number of nitrogens with one attached hydrogen (secondary N) is 3. The summed E-state index contributed by atoms with van der Waals surface area (Å²) < 4.78 is 32.8. The van der Waals surface area contributed by atoms with Crippen molar-refractivity contribution in [2.45, 2.75) is 48.8 Å². The number of hydrogen-bond acceptors (Lipinski definition) is 5. The van der Waals surface area contributed by atoms with Gasteiger partial charge in [-0.1, -0.05) is 31.7 Å². The van der Waals surface area contributed by atoms with Crippen LogP contribution in [0.15, 0.2) is 26.7 Å². The van der Waals surface area contributed by atoms with E-state index in [0.717, 1.165) is 12.8 Å². The summed E-state index contributed by atoms with van der Waals surface area (Å²) in [6.07, 6.45) is 7.90. The van der Waals surface area contributed by atoms with E-state index in [1.165, 1.54) is 37.0 Å². The van der Waals surface area contributed by atoms with E-state index in [9.17, 15) is 8.42 Å². The van der Waals surface area contributed by atoms with Gasteiger partial charge in [0, 0.05) is 26.7 Å². The van der Waals surface area contributed by atoms with Crippen LogP contribution < -0.4 is 15.4 Å². The molecule has 0 aromatic carbocycles. The van der Waals surface area contributed by atoms with Crippen molar-refractivity contribution in [2.75, 3.05) is 33.3 Å². The molecular formula is C17H30N4O3S2. The Morgan fingerprint density at radius 1 is 1.19 bits per heavy atom. The number of aliphatic imine (C=N–C) groups is 1. The number of ether oxygens (including phenoxy) is 1. The molecule has 1 saturated carbocycles. The molecule has 1 heterocycles. The van der Waals surface area contributed by atoms with Crippen LogP contribution in [-0.2, 0) is 14.8 Å². The van der Waals surface area contributed by atoms with Crippen LogP contribution in [-0.4, -0.2) is 53.8 Å². The average Bonchev–Trinajstić information content (AvgIpc) is 3.06. The third-order valence-electron chi connectivity index (χ3n) is 4.24. The van der Waals surface area contributed by atoms with Crippen LogP contribution in [0.3, 0.4) is 0 Å². The molecule has 0 radical (unpaired) electrons. The summed E-state index contributed by atoms with van der Waals surface area (Å²) in [5.74, 6) is 0.643. The van der Waals surface area contributed by atoms with E-state index in [-0.39, 0.29) is 0 Å². The van der Waals surface area contributed by atoms with Crippen molar-refractivity contribution in [3.8, 4) is 0 Å². The van der Waals surface area contributed by atoms with Crippen LogP contribution in [0.1, 0.15) is 38.5 Å². The summed E-state index contributed by atoms with van der Waals surface area (Å²) in [6, 6.07) is 3.32. The zero-order chi connectivity index (χ0) is 18.7. The Labute approximate surface area is 160 Å². The molecule has 3 N–H and O–H groups in total. The molecule has 0 aliphatic heterocycles. The highest BCUT2D eigenvalue weighted by atomic mass is 32.2. The first-order chi connectivity index (χ1) is 12.6. The summed E-state index contributed by atoms with van der Waals surface area (Å²) in [7, 11) is -1.72. The molecule has 1 aliphatic rings. The Morgan fingerprint density at radius 2 is 1.92 bits per heavy atom. The lowest BCUT2D eigenvalue weighted by molar-refractivity contribution is 0.0468. The minimum Gasteiger partial charge on any atom is -0.376 e. The molecule has 1 aromatic heterocycles. The van der Waals surface area contributed by atoms with E-state index in [4.69, 9.17) is 4.74 Å². The summed E-state index contributed by atoms with van der Waals surface area (Å²) in [4.78, 5) is 4.13. The number of sulfonamides is 1. The Balaban J connectivity index is 1.57. The number of hydrogen-bond donors (Lipinski definition) is 3. The SMILES string of the molecule is CN=C(NCCNS(=O)(=O)c1cccs1)NCCOC1CCCCCC1. The van der Waals surface area contributed by atoms with Crippen LogP contribution in [0, 0.1) is 0 Å². The van der Waals surface area contributed by atoms with Gasteiger partial charge in [-0.05, 0) is 24.3 Å². The van der Waals surface area contributed by atoms with E-state index in [1.807, 2.05) is 0 Å². The highest BCUT2D eigenvalue weighted by molar-refractivity contribution is 7.91. The third-order valence-corrected chi connectivity index (χ3v) is 7.10. The number of rotatable bonds is 9. The smallest absolute Gasteiger partial charge is 0.250 e. The third kappa shape index (κ3) is 7.61. The second kappa shape index (κ2) is 11.5. The lowest BCUT2D eigenvalue weighted by atomic mass is 10.1. The van der Waals surface area contributed by atoms with Crippen LogP contribution in [0.4, 0.5) is 0 Å². The van der Waals surface area contributed by atoms with Crippen molar-refractivity contribution in [2.24, 2.45) is 4.99 Å². The molecule has 26 heavy (non-hydrogen) atoms. The number of thiophene rings is 1. The zero-order valence-corrected chi connectivity index (χ0v) is 17.0. The van der Waals surface area contributed by atoms with E-state index in [2.05, 4.69) is 20.3 Å².